The van der Waals surface area contributed by atoms with Gasteiger partial charge in [0.2, 0.25) is 0 Å². The minimum absolute atomic E-state index is 0.0770. The van der Waals surface area contributed by atoms with Crippen molar-refractivity contribution in [2.45, 2.75) is 64.6 Å². The highest BCUT2D eigenvalue weighted by molar-refractivity contribution is 5.78. The molecule has 0 spiro atoms. The van der Waals surface area contributed by atoms with E-state index in [0.717, 1.165) is 45.4 Å². The van der Waals surface area contributed by atoms with Crippen molar-refractivity contribution in [1.82, 2.24) is 4.90 Å². The molecule has 2 unspecified atom stereocenters. The van der Waals surface area contributed by atoms with Gasteiger partial charge in [0, 0.05) is 38.4 Å². The number of hydrogen-bond acceptors (Lipinski definition) is 5. The lowest BCUT2D eigenvalue weighted by Crippen LogP contribution is -2.56. The van der Waals surface area contributed by atoms with Crippen molar-refractivity contribution in [3.05, 3.63) is 41.0 Å². The van der Waals surface area contributed by atoms with Crippen LogP contribution in [0.5, 0.6) is 0 Å². The highest BCUT2D eigenvalue weighted by atomic mass is 16.6. The summed E-state index contributed by atoms with van der Waals surface area (Å²) in [4.78, 5) is 17.8. The van der Waals surface area contributed by atoms with Crippen molar-refractivity contribution in [3.63, 3.8) is 0 Å². The number of rotatable bonds is 3. The van der Waals surface area contributed by atoms with Gasteiger partial charge in [-0.05, 0) is 68.6 Å². The van der Waals surface area contributed by atoms with Crippen molar-refractivity contribution in [2.24, 2.45) is 11.3 Å². The minimum atomic E-state index is -1.06. The molecular formula is C26H36N2O3. The van der Waals surface area contributed by atoms with Gasteiger partial charge in [-0.15, -0.1) is 0 Å². The highest BCUT2D eigenvalue weighted by Crippen LogP contribution is 2.57. The number of allylic oxidation sites excluding steroid dienone is 1. The Morgan fingerprint density at radius 3 is 2.58 bits per heavy atom. The van der Waals surface area contributed by atoms with Crippen molar-refractivity contribution >= 4 is 11.7 Å². The maximum Gasteiger partial charge on any atom is 0.314 e. The molecule has 1 N–H and O–H groups in total. The first kappa shape index (κ1) is 21.0. The third-order valence-electron chi connectivity index (χ3n) is 8.57. The number of hydrogen-bond donors (Lipinski definition) is 1. The number of para-hydroxylation sites is 1. The standard InChI is InChI=1S/C26H36N2O3/c1-18-7-4-5-9-21(18)28-15-13-27(14-16-28)17-20-24(29)31-23-22-19(2)8-6-10-25(22,3)11-12-26(20,23)30/h4-5,7,9,20,23,30H,6,8,10-17H2,1-3H3/t20?,23-,25+,26?/m0/s1. The van der Waals surface area contributed by atoms with E-state index in [1.165, 1.54) is 28.8 Å². The van der Waals surface area contributed by atoms with Gasteiger partial charge in [-0.3, -0.25) is 9.69 Å². The van der Waals surface area contributed by atoms with E-state index < -0.39 is 17.6 Å². The third kappa shape index (κ3) is 3.41. The molecule has 1 saturated carbocycles. The molecule has 0 bridgehead atoms. The second-order valence-corrected chi connectivity index (χ2v) is 10.5. The second-order valence-electron chi connectivity index (χ2n) is 10.5. The normalized spacial score (nSPS) is 36.3. The van der Waals surface area contributed by atoms with Gasteiger partial charge in [-0.25, -0.2) is 0 Å². The van der Waals surface area contributed by atoms with Gasteiger partial charge >= 0.3 is 5.97 Å². The summed E-state index contributed by atoms with van der Waals surface area (Å²) < 4.78 is 5.95. The molecule has 2 saturated heterocycles. The molecule has 0 aromatic heterocycles. The van der Waals surface area contributed by atoms with Crippen LogP contribution in [0.4, 0.5) is 5.69 Å². The molecule has 0 amide bonds. The number of carbonyl (C=O) groups excluding carboxylic acids is 1. The topological polar surface area (TPSA) is 53.0 Å². The van der Waals surface area contributed by atoms with Crippen LogP contribution in [0.25, 0.3) is 0 Å². The molecule has 5 heteroatoms. The summed E-state index contributed by atoms with van der Waals surface area (Å²) in [5.74, 6) is -0.654. The Balaban J connectivity index is 1.30. The lowest BCUT2D eigenvalue weighted by Gasteiger charge is -2.50. The number of ether oxygens (including phenoxy) is 1. The molecule has 3 fully saturated rings. The maximum atomic E-state index is 13.0. The van der Waals surface area contributed by atoms with Gasteiger partial charge in [0.15, 0.2) is 6.10 Å². The molecule has 2 heterocycles. The first-order valence-corrected chi connectivity index (χ1v) is 12.0. The molecule has 168 valence electrons. The Bertz CT molecular complexity index is 904. The van der Waals surface area contributed by atoms with Gasteiger partial charge in [0.1, 0.15) is 11.5 Å². The third-order valence-corrected chi connectivity index (χ3v) is 8.57. The number of aliphatic hydroxyl groups is 1. The average Bonchev–Trinajstić information content (AvgIpc) is 2.99. The van der Waals surface area contributed by atoms with Crippen molar-refractivity contribution in [2.75, 3.05) is 37.6 Å². The molecule has 0 radical (unpaired) electrons. The Labute approximate surface area is 186 Å². The van der Waals surface area contributed by atoms with E-state index in [1.807, 2.05) is 0 Å². The number of anilines is 1. The number of esters is 1. The fraction of sp³-hybridized carbons (Fsp3) is 0.654. The van der Waals surface area contributed by atoms with Gasteiger partial charge in [-0.2, -0.15) is 0 Å². The molecular weight excluding hydrogens is 388 g/mol. The molecule has 1 aromatic carbocycles. The number of nitrogens with zero attached hydrogens (tertiary/aromatic N) is 2. The van der Waals surface area contributed by atoms with Crippen LogP contribution in [0, 0.1) is 18.3 Å². The molecule has 4 aliphatic rings. The van der Waals surface area contributed by atoms with Crippen LogP contribution in [-0.4, -0.2) is 60.4 Å². The number of aryl methyl sites for hydroxylation is 1. The summed E-state index contributed by atoms with van der Waals surface area (Å²) >= 11 is 0. The molecule has 5 rings (SSSR count). The zero-order chi connectivity index (χ0) is 21.8. The van der Waals surface area contributed by atoms with Crippen LogP contribution in [-0.2, 0) is 9.53 Å². The molecule has 2 aliphatic heterocycles. The van der Waals surface area contributed by atoms with Crippen LogP contribution in [0.2, 0.25) is 0 Å². The predicted octanol–water partition coefficient (Wildman–Crippen LogP) is 3.69. The largest absolute Gasteiger partial charge is 0.454 e. The van der Waals surface area contributed by atoms with Crippen LogP contribution in [0.15, 0.2) is 35.4 Å². The van der Waals surface area contributed by atoms with Crippen molar-refractivity contribution < 1.29 is 14.6 Å². The summed E-state index contributed by atoms with van der Waals surface area (Å²) in [7, 11) is 0. The smallest absolute Gasteiger partial charge is 0.314 e. The summed E-state index contributed by atoms with van der Waals surface area (Å²) in [5, 5.41) is 11.8. The van der Waals surface area contributed by atoms with E-state index in [9.17, 15) is 9.90 Å². The zero-order valence-corrected chi connectivity index (χ0v) is 19.2. The van der Waals surface area contributed by atoms with Crippen molar-refractivity contribution in [3.8, 4) is 0 Å². The van der Waals surface area contributed by atoms with Gasteiger partial charge < -0.3 is 14.7 Å². The molecule has 31 heavy (non-hydrogen) atoms. The minimum Gasteiger partial charge on any atom is -0.454 e. The van der Waals surface area contributed by atoms with Crippen LogP contribution in [0.3, 0.4) is 0 Å². The Kier molecular flexibility index (Phi) is 5.17. The first-order valence-electron chi connectivity index (χ1n) is 12.0. The predicted molar refractivity (Wildman–Crippen MR) is 122 cm³/mol. The van der Waals surface area contributed by atoms with E-state index in [1.54, 1.807) is 0 Å². The fourth-order valence-electron chi connectivity index (χ4n) is 6.69. The number of fused-ring (bicyclic) bond motifs is 3. The summed E-state index contributed by atoms with van der Waals surface area (Å²) in [6.07, 6.45) is 4.54. The van der Waals surface area contributed by atoms with E-state index in [-0.39, 0.29) is 11.4 Å². The molecule has 5 nitrogen and oxygen atoms in total. The van der Waals surface area contributed by atoms with Crippen LogP contribution >= 0.6 is 0 Å². The molecule has 1 aromatic rings. The van der Waals surface area contributed by atoms with Crippen molar-refractivity contribution in [1.29, 1.82) is 0 Å². The molecule has 2 aliphatic carbocycles. The maximum absolute atomic E-state index is 13.0. The zero-order valence-electron chi connectivity index (χ0n) is 19.2. The summed E-state index contributed by atoms with van der Waals surface area (Å²) in [6, 6.07) is 8.52. The van der Waals surface area contributed by atoms with E-state index in [0.29, 0.717) is 13.0 Å². The fourth-order valence-corrected chi connectivity index (χ4v) is 6.69. The number of carbonyl (C=O) groups is 1. The first-order chi connectivity index (χ1) is 14.8. The SMILES string of the molecule is CC1=C2[C@@H]3OC(=O)C(CN4CCN(c5ccccc5C)CC4)C3(O)CC[C@@]2(C)CCC1. The van der Waals surface area contributed by atoms with Gasteiger partial charge in [0.05, 0.1) is 0 Å². The van der Waals surface area contributed by atoms with Crippen LogP contribution in [0.1, 0.15) is 51.5 Å². The number of benzene rings is 1. The van der Waals surface area contributed by atoms with E-state index in [4.69, 9.17) is 4.74 Å². The van der Waals surface area contributed by atoms with E-state index >= 15 is 0 Å². The summed E-state index contributed by atoms with van der Waals surface area (Å²) in [6.45, 7) is 10.9. The average molecular weight is 425 g/mol. The second kappa shape index (κ2) is 7.63. The molecule has 4 atom stereocenters. The van der Waals surface area contributed by atoms with Gasteiger partial charge in [-0.1, -0.05) is 30.7 Å². The Morgan fingerprint density at radius 2 is 1.84 bits per heavy atom. The lowest BCUT2D eigenvalue weighted by atomic mass is 9.58. The lowest BCUT2D eigenvalue weighted by molar-refractivity contribution is -0.144. The van der Waals surface area contributed by atoms with E-state index in [2.05, 4.69) is 54.8 Å². The number of piperazine rings is 1. The van der Waals surface area contributed by atoms with Gasteiger partial charge in [0.25, 0.3) is 0 Å². The monoisotopic (exact) mass is 424 g/mol. The Morgan fingerprint density at radius 1 is 1.10 bits per heavy atom. The van der Waals surface area contributed by atoms with Crippen LogP contribution < -0.4 is 4.90 Å². The highest BCUT2D eigenvalue weighted by Gasteiger charge is 2.63. The quantitative estimate of drug-likeness (QED) is 0.592. The Hall–Kier alpha value is -1.85. The summed E-state index contributed by atoms with van der Waals surface area (Å²) in [5.41, 5.74) is 4.18.